The van der Waals surface area contributed by atoms with Crippen LogP contribution in [0, 0.1) is 0 Å². The average molecular weight is 445 g/mol. The number of aromatic nitrogens is 3. The van der Waals surface area contributed by atoms with E-state index in [9.17, 15) is 19.8 Å². The van der Waals surface area contributed by atoms with Gasteiger partial charge < -0.3 is 20.3 Å². The number of nitrogens with zero attached hydrogens (tertiary/aromatic N) is 3. The first-order valence-electron chi connectivity index (χ1n) is 9.56. The van der Waals surface area contributed by atoms with Crippen molar-refractivity contribution in [2.45, 2.75) is 5.16 Å². The zero-order valence-electron chi connectivity index (χ0n) is 16.6. The summed E-state index contributed by atoms with van der Waals surface area (Å²) < 4.78 is 1.77. The minimum Gasteiger partial charge on any atom is -0.545 e. The average Bonchev–Trinajstić information content (AvgIpc) is 3.22. The maximum atomic E-state index is 12.5. The number of phenols is 1. The maximum absolute atomic E-state index is 12.5. The van der Waals surface area contributed by atoms with Gasteiger partial charge in [-0.15, -0.1) is 10.2 Å². The molecule has 0 radical (unpaired) electrons. The number of amides is 1. The van der Waals surface area contributed by atoms with E-state index in [0.29, 0.717) is 22.2 Å². The monoisotopic (exact) mass is 445 g/mol. The van der Waals surface area contributed by atoms with Gasteiger partial charge in [0.05, 0.1) is 17.3 Å². The van der Waals surface area contributed by atoms with E-state index in [1.807, 2.05) is 30.3 Å². The van der Waals surface area contributed by atoms with Crippen LogP contribution in [0.1, 0.15) is 10.4 Å². The molecule has 160 valence electrons. The number of hydrogen-bond acceptors (Lipinski definition) is 7. The number of rotatable bonds is 7. The number of benzene rings is 3. The maximum Gasteiger partial charge on any atom is 0.234 e. The van der Waals surface area contributed by atoms with E-state index < -0.39 is 5.97 Å². The minimum atomic E-state index is -1.32. The number of para-hydroxylation sites is 2. The summed E-state index contributed by atoms with van der Waals surface area (Å²) in [6.45, 7) is 0. The molecule has 2 N–H and O–H groups in total. The van der Waals surface area contributed by atoms with Crippen molar-refractivity contribution in [3.63, 3.8) is 0 Å². The predicted octanol–water partition coefficient (Wildman–Crippen LogP) is 2.73. The van der Waals surface area contributed by atoms with Crippen molar-refractivity contribution in [3.8, 4) is 22.8 Å². The second kappa shape index (κ2) is 9.36. The normalized spacial score (nSPS) is 10.6. The SMILES string of the molecule is O=C(CSc1nnc(-c2ccccc2O)n1-c1ccccc1)Nc1cccc(C(=O)[O-])c1. The summed E-state index contributed by atoms with van der Waals surface area (Å²) in [5.41, 5.74) is 1.63. The molecule has 0 atom stereocenters. The van der Waals surface area contributed by atoms with E-state index in [4.69, 9.17) is 0 Å². The third-order valence-electron chi connectivity index (χ3n) is 4.51. The van der Waals surface area contributed by atoms with Gasteiger partial charge in [-0.25, -0.2) is 0 Å². The van der Waals surface area contributed by atoms with Crippen molar-refractivity contribution in [3.05, 3.63) is 84.4 Å². The topological polar surface area (TPSA) is 120 Å². The molecule has 8 nitrogen and oxygen atoms in total. The number of aromatic carboxylic acids is 1. The highest BCUT2D eigenvalue weighted by Crippen LogP contribution is 2.32. The molecule has 0 aliphatic heterocycles. The van der Waals surface area contributed by atoms with Gasteiger partial charge in [0.15, 0.2) is 11.0 Å². The Morgan fingerprint density at radius 3 is 2.47 bits per heavy atom. The fraction of sp³-hybridized carbons (Fsp3) is 0.0435. The van der Waals surface area contributed by atoms with Crippen LogP contribution in [0.4, 0.5) is 5.69 Å². The number of carboxylic acid groups (broad SMARTS) is 1. The molecule has 3 aromatic carbocycles. The van der Waals surface area contributed by atoms with Gasteiger partial charge in [0.25, 0.3) is 0 Å². The predicted molar refractivity (Wildman–Crippen MR) is 119 cm³/mol. The van der Waals surface area contributed by atoms with E-state index in [2.05, 4.69) is 15.5 Å². The van der Waals surface area contributed by atoms with E-state index >= 15 is 0 Å². The molecule has 0 aliphatic carbocycles. The molecule has 1 heterocycles. The molecule has 0 saturated carbocycles. The number of carbonyl (C=O) groups excluding carboxylic acids is 2. The van der Waals surface area contributed by atoms with Crippen molar-refractivity contribution in [1.82, 2.24) is 14.8 Å². The van der Waals surface area contributed by atoms with Gasteiger partial charge >= 0.3 is 0 Å². The molecule has 32 heavy (non-hydrogen) atoms. The summed E-state index contributed by atoms with van der Waals surface area (Å²) in [6, 6.07) is 22.0. The van der Waals surface area contributed by atoms with Crippen LogP contribution in [0.15, 0.2) is 84.0 Å². The molecule has 0 spiro atoms. The van der Waals surface area contributed by atoms with Crippen LogP contribution in [0.25, 0.3) is 17.1 Å². The lowest BCUT2D eigenvalue weighted by Crippen LogP contribution is -2.22. The highest BCUT2D eigenvalue weighted by Gasteiger charge is 2.19. The van der Waals surface area contributed by atoms with Crippen molar-refractivity contribution < 1.29 is 19.8 Å². The molecular formula is C23H17N4O4S-. The number of hydrogen-bond donors (Lipinski definition) is 2. The zero-order valence-corrected chi connectivity index (χ0v) is 17.5. The van der Waals surface area contributed by atoms with Gasteiger partial charge in [-0.05, 0) is 42.0 Å². The van der Waals surface area contributed by atoms with Gasteiger partial charge in [0.2, 0.25) is 5.91 Å². The summed E-state index contributed by atoms with van der Waals surface area (Å²) in [5, 5.41) is 32.9. The lowest BCUT2D eigenvalue weighted by Gasteiger charge is -2.11. The lowest BCUT2D eigenvalue weighted by atomic mass is 10.2. The third kappa shape index (κ3) is 4.62. The Balaban J connectivity index is 1.58. The Hall–Kier alpha value is -4.11. The number of aromatic hydroxyl groups is 1. The van der Waals surface area contributed by atoms with Gasteiger partial charge in [-0.3, -0.25) is 9.36 Å². The van der Waals surface area contributed by atoms with Crippen molar-refractivity contribution in [2.24, 2.45) is 0 Å². The summed E-state index contributed by atoms with van der Waals surface area (Å²) in [6.07, 6.45) is 0. The minimum absolute atomic E-state index is 0.0152. The molecule has 0 bridgehead atoms. The van der Waals surface area contributed by atoms with E-state index in [1.165, 1.54) is 30.0 Å². The molecule has 4 aromatic rings. The molecule has 0 unspecified atom stereocenters. The van der Waals surface area contributed by atoms with Gasteiger partial charge in [-0.2, -0.15) is 0 Å². The number of phenolic OH excluding ortho intramolecular Hbond substituents is 1. The third-order valence-corrected chi connectivity index (χ3v) is 5.44. The first kappa shape index (κ1) is 21.1. The fourth-order valence-corrected chi connectivity index (χ4v) is 3.81. The first-order chi connectivity index (χ1) is 15.5. The van der Waals surface area contributed by atoms with Crippen LogP contribution < -0.4 is 10.4 Å². The van der Waals surface area contributed by atoms with Crippen LogP contribution in [-0.4, -0.2) is 37.5 Å². The van der Waals surface area contributed by atoms with Crippen molar-refractivity contribution in [2.75, 3.05) is 11.1 Å². The van der Waals surface area contributed by atoms with Gasteiger partial charge in [0, 0.05) is 11.4 Å². The fourth-order valence-electron chi connectivity index (χ4n) is 3.06. The van der Waals surface area contributed by atoms with E-state index in [1.54, 1.807) is 34.9 Å². The highest BCUT2D eigenvalue weighted by atomic mass is 32.2. The summed E-state index contributed by atoms with van der Waals surface area (Å²) in [4.78, 5) is 23.5. The second-order valence-corrected chi connectivity index (χ2v) is 7.64. The molecule has 1 amide bonds. The highest BCUT2D eigenvalue weighted by molar-refractivity contribution is 7.99. The smallest absolute Gasteiger partial charge is 0.234 e. The Labute approximate surface area is 187 Å². The van der Waals surface area contributed by atoms with Crippen molar-refractivity contribution in [1.29, 1.82) is 0 Å². The number of anilines is 1. The Morgan fingerprint density at radius 2 is 1.72 bits per heavy atom. The standard InChI is InChI=1S/C23H18N4O4S/c28-19-12-5-4-11-18(19)21-25-26-23(27(21)17-9-2-1-3-10-17)32-14-20(29)24-16-8-6-7-15(13-16)22(30)31/h1-13,28H,14H2,(H,24,29)(H,30,31)/p-1. The summed E-state index contributed by atoms with van der Waals surface area (Å²) >= 11 is 1.17. The van der Waals surface area contributed by atoms with E-state index in [-0.39, 0.29) is 23.0 Å². The second-order valence-electron chi connectivity index (χ2n) is 6.70. The van der Waals surface area contributed by atoms with Crippen molar-refractivity contribution >= 4 is 29.3 Å². The Kier molecular flexibility index (Phi) is 6.18. The first-order valence-corrected chi connectivity index (χ1v) is 10.5. The Morgan fingerprint density at radius 1 is 0.969 bits per heavy atom. The number of nitrogens with one attached hydrogen (secondary N) is 1. The van der Waals surface area contributed by atoms with Gasteiger partial charge in [0.1, 0.15) is 5.75 Å². The number of carboxylic acids is 1. The molecule has 0 aliphatic rings. The van der Waals surface area contributed by atoms with Crippen LogP contribution >= 0.6 is 11.8 Å². The molecule has 4 rings (SSSR count). The molecule has 9 heteroatoms. The Bertz CT molecular complexity index is 1270. The largest absolute Gasteiger partial charge is 0.545 e. The quantitative estimate of drug-likeness (QED) is 0.420. The van der Waals surface area contributed by atoms with Gasteiger partial charge in [-0.1, -0.05) is 54.2 Å². The summed E-state index contributed by atoms with van der Waals surface area (Å²) in [5.74, 6) is -1.13. The van der Waals surface area contributed by atoms with Crippen LogP contribution in [0.2, 0.25) is 0 Å². The van der Waals surface area contributed by atoms with Crippen LogP contribution in [0.5, 0.6) is 5.75 Å². The molecule has 1 aromatic heterocycles. The molecule has 0 fully saturated rings. The molecule has 0 saturated heterocycles. The molecular weight excluding hydrogens is 428 g/mol. The van der Waals surface area contributed by atoms with Crippen LogP contribution in [0.3, 0.4) is 0 Å². The van der Waals surface area contributed by atoms with E-state index in [0.717, 1.165) is 5.69 Å². The summed E-state index contributed by atoms with van der Waals surface area (Å²) in [7, 11) is 0. The number of thioether (sulfide) groups is 1. The van der Waals surface area contributed by atoms with Crippen LogP contribution in [-0.2, 0) is 4.79 Å². The zero-order chi connectivity index (χ0) is 22.5. The number of carbonyl (C=O) groups is 2. The lowest BCUT2D eigenvalue weighted by molar-refractivity contribution is -0.255.